The standard InChI is InChI=1S/C20H14F3NO/c21-20(22,23)16-7-3-1-5-12(16)11-13-9-10-15-14-6-2-4-8-17(14)24-18(15)19(13)25/h1-8,11,24H,9-10H2. The lowest BCUT2D eigenvalue weighted by Crippen LogP contribution is -2.14. The molecular weight excluding hydrogens is 327 g/mol. The number of rotatable bonds is 1. The van der Waals surface area contributed by atoms with Crippen molar-refractivity contribution in [2.24, 2.45) is 0 Å². The highest BCUT2D eigenvalue weighted by atomic mass is 19.4. The average Bonchev–Trinajstić information content (AvgIpc) is 2.96. The Balaban J connectivity index is 1.79. The second-order valence-electron chi connectivity index (χ2n) is 6.11. The van der Waals surface area contributed by atoms with E-state index in [0.29, 0.717) is 24.1 Å². The number of para-hydroxylation sites is 1. The van der Waals surface area contributed by atoms with Crippen LogP contribution in [0.4, 0.5) is 13.2 Å². The van der Waals surface area contributed by atoms with Gasteiger partial charge in [0.15, 0.2) is 0 Å². The zero-order valence-corrected chi connectivity index (χ0v) is 13.2. The fourth-order valence-electron chi connectivity index (χ4n) is 3.39. The van der Waals surface area contributed by atoms with Crippen LogP contribution in [0.5, 0.6) is 0 Å². The van der Waals surface area contributed by atoms with Gasteiger partial charge < -0.3 is 4.98 Å². The number of carbonyl (C=O) groups is 1. The molecule has 25 heavy (non-hydrogen) atoms. The van der Waals surface area contributed by atoms with Crippen molar-refractivity contribution in [3.05, 3.63) is 76.5 Å². The van der Waals surface area contributed by atoms with Gasteiger partial charge in [0.25, 0.3) is 0 Å². The maximum absolute atomic E-state index is 13.2. The molecule has 0 atom stereocenters. The lowest BCUT2D eigenvalue weighted by atomic mass is 9.88. The summed E-state index contributed by atoms with van der Waals surface area (Å²) in [6.07, 6.45) is -2.01. The van der Waals surface area contributed by atoms with Crippen LogP contribution in [0.1, 0.15) is 33.6 Å². The maximum atomic E-state index is 13.2. The van der Waals surface area contributed by atoms with Crippen molar-refractivity contribution < 1.29 is 18.0 Å². The molecule has 0 bridgehead atoms. The van der Waals surface area contributed by atoms with E-state index in [2.05, 4.69) is 4.98 Å². The number of fused-ring (bicyclic) bond motifs is 3. The van der Waals surface area contributed by atoms with Crippen LogP contribution >= 0.6 is 0 Å². The highest BCUT2D eigenvalue weighted by Gasteiger charge is 2.33. The largest absolute Gasteiger partial charge is 0.416 e. The maximum Gasteiger partial charge on any atom is 0.416 e. The van der Waals surface area contributed by atoms with Gasteiger partial charge >= 0.3 is 6.18 Å². The van der Waals surface area contributed by atoms with Crippen molar-refractivity contribution in [3.63, 3.8) is 0 Å². The molecule has 0 saturated carbocycles. The minimum absolute atomic E-state index is 0.0258. The number of ketones is 1. The number of aryl methyl sites for hydroxylation is 1. The Morgan fingerprint density at radius 3 is 2.48 bits per heavy atom. The third-order valence-corrected chi connectivity index (χ3v) is 4.57. The van der Waals surface area contributed by atoms with Crippen LogP contribution in [0.15, 0.2) is 54.1 Å². The molecule has 0 aliphatic heterocycles. The summed E-state index contributed by atoms with van der Waals surface area (Å²) in [5.41, 5.74) is 2.01. The molecule has 0 radical (unpaired) electrons. The second kappa shape index (κ2) is 5.62. The van der Waals surface area contributed by atoms with E-state index in [1.165, 1.54) is 18.2 Å². The normalized spacial score (nSPS) is 16.4. The minimum atomic E-state index is -4.45. The van der Waals surface area contributed by atoms with E-state index in [1.54, 1.807) is 6.07 Å². The van der Waals surface area contributed by atoms with Crippen LogP contribution in [0.25, 0.3) is 17.0 Å². The Labute approximate surface area is 142 Å². The van der Waals surface area contributed by atoms with Crippen LogP contribution in [-0.4, -0.2) is 10.8 Å². The third kappa shape index (κ3) is 2.65. The molecule has 0 amide bonds. The molecule has 2 nitrogen and oxygen atoms in total. The molecule has 3 aromatic rings. The van der Waals surface area contributed by atoms with Crippen LogP contribution in [0.2, 0.25) is 0 Å². The summed E-state index contributed by atoms with van der Waals surface area (Å²) in [6.45, 7) is 0. The van der Waals surface area contributed by atoms with Crippen molar-refractivity contribution >= 4 is 22.8 Å². The Kier molecular flexibility index (Phi) is 3.53. The molecule has 0 fully saturated rings. The molecule has 1 aliphatic carbocycles. The average molecular weight is 341 g/mol. The first kappa shape index (κ1) is 15.7. The Morgan fingerprint density at radius 1 is 0.960 bits per heavy atom. The Bertz CT molecular complexity index is 1010. The van der Waals surface area contributed by atoms with Crippen LogP contribution in [0.3, 0.4) is 0 Å². The monoisotopic (exact) mass is 341 g/mol. The highest BCUT2D eigenvalue weighted by molar-refractivity contribution is 6.15. The zero-order valence-electron chi connectivity index (χ0n) is 13.2. The van der Waals surface area contributed by atoms with E-state index in [4.69, 9.17) is 0 Å². The number of halogens is 3. The number of hydrogen-bond donors (Lipinski definition) is 1. The van der Waals surface area contributed by atoms with E-state index in [-0.39, 0.29) is 11.3 Å². The first-order chi connectivity index (χ1) is 11.9. The number of aromatic amines is 1. The topological polar surface area (TPSA) is 32.9 Å². The van der Waals surface area contributed by atoms with Crippen molar-refractivity contribution in [1.82, 2.24) is 4.98 Å². The number of alkyl halides is 3. The van der Waals surface area contributed by atoms with Gasteiger partial charge in [-0.3, -0.25) is 4.79 Å². The van der Waals surface area contributed by atoms with Gasteiger partial charge in [0.2, 0.25) is 5.78 Å². The number of aromatic nitrogens is 1. The molecule has 5 heteroatoms. The van der Waals surface area contributed by atoms with Gasteiger partial charge in [-0.2, -0.15) is 13.2 Å². The zero-order chi connectivity index (χ0) is 17.6. The molecule has 1 aliphatic rings. The van der Waals surface area contributed by atoms with Crippen LogP contribution < -0.4 is 0 Å². The predicted octanol–water partition coefficient (Wildman–Crippen LogP) is 5.40. The number of hydrogen-bond acceptors (Lipinski definition) is 1. The van der Waals surface area contributed by atoms with Crippen molar-refractivity contribution in [3.8, 4) is 0 Å². The molecule has 4 rings (SSSR count). The number of allylic oxidation sites excluding steroid dienone is 1. The first-order valence-corrected chi connectivity index (χ1v) is 7.96. The fraction of sp³-hybridized carbons (Fsp3) is 0.150. The summed E-state index contributed by atoms with van der Waals surface area (Å²) in [4.78, 5) is 15.9. The van der Waals surface area contributed by atoms with Gasteiger partial charge in [0, 0.05) is 16.5 Å². The predicted molar refractivity (Wildman–Crippen MR) is 90.4 cm³/mol. The van der Waals surface area contributed by atoms with E-state index in [1.807, 2.05) is 24.3 Å². The summed E-state index contributed by atoms with van der Waals surface area (Å²) in [5, 5.41) is 1.00. The summed E-state index contributed by atoms with van der Waals surface area (Å²) < 4.78 is 39.5. The second-order valence-corrected chi connectivity index (χ2v) is 6.11. The van der Waals surface area contributed by atoms with Crippen molar-refractivity contribution in [1.29, 1.82) is 0 Å². The molecule has 1 N–H and O–H groups in total. The SMILES string of the molecule is O=C1C(=Cc2ccccc2C(F)(F)F)CCc2c1[nH]c1ccccc21. The minimum Gasteiger partial charge on any atom is -0.352 e. The van der Waals surface area contributed by atoms with E-state index >= 15 is 0 Å². The smallest absolute Gasteiger partial charge is 0.352 e. The molecule has 0 spiro atoms. The number of carbonyl (C=O) groups excluding carboxylic acids is 1. The summed E-state index contributed by atoms with van der Waals surface area (Å²) in [6, 6.07) is 13.0. The van der Waals surface area contributed by atoms with E-state index in [9.17, 15) is 18.0 Å². The number of benzene rings is 2. The molecular formula is C20H14F3NO. The molecule has 2 aromatic carbocycles. The first-order valence-electron chi connectivity index (χ1n) is 7.96. The number of H-pyrrole nitrogens is 1. The molecule has 1 aromatic heterocycles. The Hall–Kier alpha value is -2.82. The number of Topliss-reactive ketones (excluding diaryl/α,β-unsaturated/α-hetero) is 1. The molecule has 126 valence electrons. The van der Waals surface area contributed by atoms with E-state index < -0.39 is 11.7 Å². The molecule has 0 saturated heterocycles. The van der Waals surface area contributed by atoms with Crippen LogP contribution in [0, 0.1) is 0 Å². The lowest BCUT2D eigenvalue weighted by molar-refractivity contribution is -0.137. The van der Waals surface area contributed by atoms with Gasteiger partial charge in [-0.05, 0) is 42.2 Å². The summed E-state index contributed by atoms with van der Waals surface area (Å²) in [7, 11) is 0. The highest BCUT2D eigenvalue weighted by Crippen LogP contribution is 2.35. The molecule has 1 heterocycles. The van der Waals surface area contributed by atoms with Gasteiger partial charge in [-0.15, -0.1) is 0 Å². The van der Waals surface area contributed by atoms with Gasteiger partial charge in [-0.25, -0.2) is 0 Å². The van der Waals surface area contributed by atoms with Gasteiger partial charge in [0.05, 0.1) is 11.3 Å². The fourth-order valence-corrected chi connectivity index (χ4v) is 3.39. The summed E-state index contributed by atoms with van der Waals surface area (Å²) >= 11 is 0. The summed E-state index contributed by atoms with van der Waals surface area (Å²) in [5.74, 6) is -0.227. The lowest BCUT2D eigenvalue weighted by Gasteiger charge is -2.16. The van der Waals surface area contributed by atoms with Gasteiger partial charge in [-0.1, -0.05) is 36.4 Å². The van der Waals surface area contributed by atoms with Crippen molar-refractivity contribution in [2.75, 3.05) is 0 Å². The van der Waals surface area contributed by atoms with E-state index in [0.717, 1.165) is 22.5 Å². The van der Waals surface area contributed by atoms with Gasteiger partial charge in [0.1, 0.15) is 0 Å². The van der Waals surface area contributed by atoms with Crippen molar-refractivity contribution in [2.45, 2.75) is 19.0 Å². The third-order valence-electron chi connectivity index (χ3n) is 4.57. The van der Waals surface area contributed by atoms with Crippen LogP contribution in [-0.2, 0) is 12.6 Å². The molecule has 0 unspecified atom stereocenters. The number of nitrogens with one attached hydrogen (secondary N) is 1. The Morgan fingerprint density at radius 2 is 1.68 bits per heavy atom. The quantitative estimate of drug-likeness (QED) is 0.591.